The minimum absolute atomic E-state index is 0.204. The van der Waals surface area contributed by atoms with Crippen molar-refractivity contribution in [1.82, 2.24) is 3.82 Å². The van der Waals surface area contributed by atoms with E-state index in [2.05, 4.69) is 0 Å². The van der Waals surface area contributed by atoms with Crippen molar-refractivity contribution in [2.24, 2.45) is 0 Å². The topological polar surface area (TPSA) is 37.4 Å². The van der Waals surface area contributed by atoms with E-state index in [-0.39, 0.29) is 11.8 Å². The molecule has 20 heavy (non-hydrogen) atoms. The molecule has 4 heteroatoms. The summed E-state index contributed by atoms with van der Waals surface area (Å²) in [7, 11) is 0. The maximum atomic E-state index is 12.5. The Morgan fingerprint density at radius 3 is 1.40 bits per heavy atom. The number of amides is 2. The first-order valence-electron chi connectivity index (χ1n) is 6.27. The summed E-state index contributed by atoms with van der Waals surface area (Å²) in [6.45, 7) is 0. The Labute approximate surface area is 123 Å². The number of nitrogens with zero attached hydrogens (tertiary/aromatic N) is 1. The predicted octanol–water partition coefficient (Wildman–Crippen LogP) is 3.22. The van der Waals surface area contributed by atoms with E-state index in [4.69, 9.17) is 0 Å². The Kier molecular flexibility index (Phi) is 4.75. The molecule has 2 aromatic rings. The van der Waals surface area contributed by atoms with Gasteiger partial charge in [-0.2, -0.15) is 0 Å². The number of imide groups is 1. The van der Waals surface area contributed by atoms with Gasteiger partial charge >= 0.3 is 123 Å². The van der Waals surface area contributed by atoms with Gasteiger partial charge < -0.3 is 0 Å². The van der Waals surface area contributed by atoms with Crippen LogP contribution < -0.4 is 0 Å². The number of carbonyl (C=O) groups excluding carboxylic acids is 2. The molecule has 3 nitrogen and oxygen atoms in total. The van der Waals surface area contributed by atoms with E-state index in [0.717, 1.165) is 0 Å². The van der Waals surface area contributed by atoms with Gasteiger partial charge in [-0.3, -0.25) is 0 Å². The van der Waals surface area contributed by atoms with Crippen molar-refractivity contribution in [2.75, 3.05) is 0 Å². The number of hydrogen-bond donors (Lipinski definition) is 0. The van der Waals surface area contributed by atoms with E-state index in [1.807, 2.05) is 23.6 Å². The second kappa shape index (κ2) is 6.53. The fourth-order valence-corrected chi connectivity index (χ4v) is 3.87. The normalized spacial score (nSPS) is 10.3. The fourth-order valence-electron chi connectivity index (χ4n) is 1.86. The van der Waals surface area contributed by atoms with Crippen LogP contribution in [0.25, 0.3) is 0 Å². The Morgan fingerprint density at radius 1 is 0.750 bits per heavy atom. The van der Waals surface area contributed by atoms with Crippen LogP contribution in [-0.4, -0.2) is 30.5 Å². The first-order chi connectivity index (χ1) is 9.61. The van der Waals surface area contributed by atoms with Crippen LogP contribution >= 0.6 is 0 Å². The third-order valence-corrected chi connectivity index (χ3v) is 5.27. The van der Waals surface area contributed by atoms with E-state index in [0.29, 0.717) is 11.1 Å². The van der Waals surface area contributed by atoms with Gasteiger partial charge in [0.05, 0.1) is 0 Å². The molecular formula is C16H16AsNO2. The second-order valence-corrected chi connectivity index (χ2v) is 8.90. The molecule has 0 saturated heterocycles. The van der Waals surface area contributed by atoms with Crippen molar-refractivity contribution >= 4 is 26.7 Å². The van der Waals surface area contributed by atoms with Gasteiger partial charge in [0.15, 0.2) is 0 Å². The van der Waals surface area contributed by atoms with Crippen LogP contribution in [0, 0.1) is 0 Å². The number of hydrogen-bond acceptors (Lipinski definition) is 2. The van der Waals surface area contributed by atoms with Crippen LogP contribution in [0.5, 0.6) is 0 Å². The molecule has 0 N–H and O–H groups in total. The molecule has 102 valence electrons. The van der Waals surface area contributed by atoms with Gasteiger partial charge in [0.1, 0.15) is 0 Å². The molecule has 0 fully saturated rings. The number of benzene rings is 2. The summed E-state index contributed by atoms with van der Waals surface area (Å²) in [5.74, 6) is -0.408. The maximum absolute atomic E-state index is 12.5. The monoisotopic (exact) mass is 329 g/mol. The van der Waals surface area contributed by atoms with Crippen LogP contribution in [0.15, 0.2) is 60.7 Å². The summed E-state index contributed by atoms with van der Waals surface area (Å²) in [5.41, 5.74) is 5.07. The van der Waals surface area contributed by atoms with Crippen LogP contribution in [0.1, 0.15) is 20.7 Å². The quantitative estimate of drug-likeness (QED) is 0.640. The summed E-state index contributed by atoms with van der Waals surface area (Å²) in [6.07, 6.45) is 0. The summed E-state index contributed by atoms with van der Waals surface area (Å²) in [6, 6.07) is 17.9. The van der Waals surface area contributed by atoms with Crippen molar-refractivity contribution < 1.29 is 9.59 Å². The summed E-state index contributed by atoms with van der Waals surface area (Å²) in [5, 5.41) is 0. The van der Waals surface area contributed by atoms with Gasteiger partial charge in [-0.15, -0.1) is 0 Å². The number of rotatable bonds is 3. The van der Waals surface area contributed by atoms with Gasteiger partial charge in [0.2, 0.25) is 0 Å². The van der Waals surface area contributed by atoms with Crippen LogP contribution in [0.3, 0.4) is 0 Å². The molecule has 0 bridgehead atoms. The average Bonchev–Trinajstić information content (AvgIpc) is 2.48. The molecule has 2 amide bonds. The molecule has 2 aromatic carbocycles. The average molecular weight is 329 g/mol. The Bertz CT molecular complexity index is 545. The summed E-state index contributed by atoms with van der Waals surface area (Å²) >= 11 is -1.68. The molecule has 0 spiro atoms. The first-order valence-corrected chi connectivity index (χ1v) is 10.9. The molecule has 2 rings (SSSR count). The number of carbonyl (C=O) groups is 2. The van der Waals surface area contributed by atoms with Crippen LogP contribution in [0.2, 0.25) is 11.4 Å². The third-order valence-electron chi connectivity index (χ3n) is 2.83. The van der Waals surface area contributed by atoms with E-state index in [9.17, 15) is 9.59 Å². The standard InChI is InChI=1S/C16H16AsNO2/c1-17(2)18(15(19)13-9-5-3-6-10-13)16(20)14-11-7-4-8-12-14/h3-12H,1-2H3. The molecule has 0 saturated carbocycles. The zero-order valence-electron chi connectivity index (χ0n) is 11.5. The van der Waals surface area contributed by atoms with Gasteiger partial charge in [0, 0.05) is 0 Å². The second-order valence-electron chi connectivity index (χ2n) is 4.50. The Balaban J connectivity index is 2.33. The van der Waals surface area contributed by atoms with Crippen LogP contribution in [-0.2, 0) is 0 Å². The molecule has 0 unspecified atom stereocenters. The van der Waals surface area contributed by atoms with Gasteiger partial charge in [0.25, 0.3) is 0 Å². The zero-order valence-corrected chi connectivity index (χ0v) is 13.4. The van der Waals surface area contributed by atoms with Crippen molar-refractivity contribution in [2.45, 2.75) is 11.4 Å². The zero-order chi connectivity index (χ0) is 14.5. The molecule has 0 aliphatic carbocycles. The first kappa shape index (κ1) is 14.5. The molecular weight excluding hydrogens is 313 g/mol. The summed E-state index contributed by atoms with van der Waals surface area (Å²) in [4.78, 5) is 25.1. The van der Waals surface area contributed by atoms with E-state index < -0.39 is 14.9 Å². The Morgan fingerprint density at radius 2 is 1.10 bits per heavy atom. The van der Waals surface area contributed by atoms with Crippen molar-refractivity contribution in [3.63, 3.8) is 0 Å². The molecule has 0 radical (unpaired) electrons. The fraction of sp³-hybridized carbons (Fsp3) is 0.125. The molecule has 0 aromatic heterocycles. The third kappa shape index (κ3) is 3.17. The van der Waals surface area contributed by atoms with Crippen molar-refractivity contribution in [3.8, 4) is 0 Å². The van der Waals surface area contributed by atoms with Crippen LogP contribution in [0.4, 0.5) is 0 Å². The van der Waals surface area contributed by atoms with Gasteiger partial charge in [-0.05, 0) is 0 Å². The predicted molar refractivity (Wildman–Crippen MR) is 80.9 cm³/mol. The van der Waals surface area contributed by atoms with E-state index in [1.54, 1.807) is 48.5 Å². The molecule has 0 aliphatic rings. The molecule has 0 aliphatic heterocycles. The Hall–Kier alpha value is -1.86. The summed E-state index contributed by atoms with van der Waals surface area (Å²) < 4.78 is 1.44. The van der Waals surface area contributed by atoms with Gasteiger partial charge in [-0.25, -0.2) is 0 Å². The van der Waals surface area contributed by atoms with E-state index in [1.165, 1.54) is 3.82 Å². The molecule has 0 heterocycles. The van der Waals surface area contributed by atoms with Crippen molar-refractivity contribution in [1.29, 1.82) is 0 Å². The molecule has 0 atom stereocenters. The van der Waals surface area contributed by atoms with E-state index >= 15 is 0 Å². The SMILES string of the molecule is C[As](C)N(C(=O)c1ccccc1)C(=O)c1ccccc1. The van der Waals surface area contributed by atoms with Crippen molar-refractivity contribution in [3.05, 3.63) is 71.8 Å². The van der Waals surface area contributed by atoms with Gasteiger partial charge in [-0.1, -0.05) is 0 Å². The minimum atomic E-state index is -1.68.